The lowest BCUT2D eigenvalue weighted by molar-refractivity contribution is 0.0979. The lowest BCUT2D eigenvalue weighted by Crippen LogP contribution is -2.03. The Morgan fingerprint density at radius 3 is 2.59 bits per heavy atom. The van der Waals surface area contributed by atoms with Crippen LogP contribution in [0.25, 0.3) is 6.08 Å². The van der Waals surface area contributed by atoms with Gasteiger partial charge in [0.2, 0.25) is 0 Å². The molecule has 0 bridgehead atoms. The van der Waals surface area contributed by atoms with E-state index in [-0.39, 0.29) is 11.6 Å². The third-order valence-corrected chi connectivity index (χ3v) is 2.73. The Balaban J connectivity index is 3.03. The molecule has 0 aliphatic carbocycles. The molecule has 0 heterocycles. The molecule has 0 atom stereocenters. The fourth-order valence-corrected chi connectivity index (χ4v) is 1.69. The number of benzene rings is 1. The highest BCUT2D eigenvalue weighted by Gasteiger charge is 2.10. The molecule has 1 aromatic carbocycles. The van der Waals surface area contributed by atoms with Crippen molar-refractivity contribution >= 4 is 17.6 Å². The molecule has 0 amide bonds. The summed E-state index contributed by atoms with van der Waals surface area (Å²) in [7, 11) is 0. The van der Waals surface area contributed by atoms with E-state index in [2.05, 4.69) is 13.5 Å². The van der Waals surface area contributed by atoms with Gasteiger partial charge >= 0.3 is 0 Å². The van der Waals surface area contributed by atoms with Gasteiger partial charge in [-0.05, 0) is 25.0 Å². The Hall–Kier alpha value is -1.70. The minimum absolute atomic E-state index is 0.0370. The van der Waals surface area contributed by atoms with Crippen LogP contribution in [0.3, 0.4) is 0 Å². The van der Waals surface area contributed by atoms with Crippen molar-refractivity contribution < 1.29 is 9.59 Å². The maximum Gasteiger partial charge on any atom is 0.162 e. The van der Waals surface area contributed by atoms with Crippen molar-refractivity contribution in [1.29, 1.82) is 0 Å². The fourth-order valence-electron chi connectivity index (χ4n) is 1.69. The molecule has 0 N–H and O–H groups in total. The van der Waals surface area contributed by atoms with Gasteiger partial charge < -0.3 is 0 Å². The monoisotopic (exact) mass is 230 g/mol. The van der Waals surface area contributed by atoms with Crippen LogP contribution < -0.4 is 0 Å². The van der Waals surface area contributed by atoms with Gasteiger partial charge in [-0.2, -0.15) is 0 Å². The lowest BCUT2D eigenvalue weighted by atomic mass is 9.97. The highest BCUT2D eigenvalue weighted by molar-refractivity contribution is 6.02. The van der Waals surface area contributed by atoms with Gasteiger partial charge in [-0.25, -0.2) is 0 Å². The van der Waals surface area contributed by atoms with Crippen LogP contribution in [0, 0.1) is 0 Å². The van der Waals surface area contributed by atoms with Crippen molar-refractivity contribution in [2.45, 2.75) is 33.1 Å². The van der Waals surface area contributed by atoms with Crippen molar-refractivity contribution in [3.63, 3.8) is 0 Å². The zero-order valence-corrected chi connectivity index (χ0v) is 10.5. The molecule has 0 aromatic heterocycles. The average molecular weight is 230 g/mol. The molecular weight excluding hydrogens is 212 g/mol. The predicted molar refractivity (Wildman–Crippen MR) is 70.4 cm³/mol. The largest absolute Gasteiger partial charge is 0.294 e. The van der Waals surface area contributed by atoms with Gasteiger partial charge in [0.15, 0.2) is 11.6 Å². The summed E-state index contributed by atoms with van der Waals surface area (Å²) in [6.45, 7) is 7.21. The number of carbonyl (C=O) groups excluding carboxylic acids is 2. The Kier molecular flexibility index (Phi) is 4.83. The topological polar surface area (TPSA) is 34.1 Å². The SMILES string of the molecule is C=Cc1ccc(C(=O)CCCC)cc1C(C)=O. The van der Waals surface area contributed by atoms with E-state index in [1.54, 1.807) is 24.3 Å². The van der Waals surface area contributed by atoms with Gasteiger partial charge in [0.25, 0.3) is 0 Å². The summed E-state index contributed by atoms with van der Waals surface area (Å²) in [6.07, 6.45) is 4.06. The molecule has 0 spiro atoms. The quantitative estimate of drug-likeness (QED) is 0.694. The molecule has 17 heavy (non-hydrogen) atoms. The molecule has 0 radical (unpaired) electrons. The number of rotatable bonds is 6. The van der Waals surface area contributed by atoms with Crippen LogP contribution >= 0.6 is 0 Å². The zero-order chi connectivity index (χ0) is 12.8. The third-order valence-electron chi connectivity index (χ3n) is 2.73. The van der Waals surface area contributed by atoms with E-state index in [4.69, 9.17) is 0 Å². The van der Waals surface area contributed by atoms with Gasteiger partial charge in [-0.15, -0.1) is 0 Å². The van der Waals surface area contributed by atoms with Crippen molar-refractivity contribution in [1.82, 2.24) is 0 Å². The van der Waals surface area contributed by atoms with Crippen LogP contribution in [-0.4, -0.2) is 11.6 Å². The smallest absolute Gasteiger partial charge is 0.162 e. The minimum atomic E-state index is -0.0370. The number of hydrogen-bond acceptors (Lipinski definition) is 2. The first-order chi connectivity index (χ1) is 8.10. The normalized spacial score (nSPS) is 10.0. The summed E-state index contributed by atoms with van der Waals surface area (Å²) in [5, 5.41) is 0. The minimum Gasteiger partial charge on any atom is -0.294 e. The molecular formula is C15H18O2. The first-order valence-corrected chi connectivity index (χ1v) is 5.90. The van der Waals surface area contributed by atoms with Gasteiger partial charge in [-0.3, -0.25) is 9.59 Å². The molecule has 1 rings (SSSR count). The third kappa shape index (κ3) is 3.38. The molecule has 0 unspecified atom stereocenters. The summed E-state index contributed by atoms with van der Waals surface area (Å²) in [5.41, 5.74) is 1.97. The van der Waals surface area contributed by atoms with Gasteiger partial charge in [-0.1, -0.05) is 38.1 Å². The second-order valence-electron chi connectivity index (χ2n) is 4.09. The summed E-state index contributed by atoms with van der Waals surface area (Å²) in [4.78, 5) is 23.3. The Labute approximate surface area is 102 Å². The summed E-state index contributed by atoms with van der Waals surface area (Å²) in [5.74, 6) is 0.0648. The van der Waals surface area contributed by atoms with Crippen LogP contribution in [-0.2, 0) is 0 Å². The van der Waals surface area contributed by atoms with Crippen LogP contribution in [0.4, 0.5) is 0 Å². The molecule has 2 nitrogen and oxygen atoms in total. The van der Waals surface area contributed by atoms with E-state index in [1.165, 1.54) is 6.92 Å². The van der Waals surface area contributed by atoms with Crippen molar-refractivity contribution in [3.8, 4) is 0 Å². The average Bonchev–Trinajstić information content (AvgIpc) is 2.34. The van der Waals surface area contributed by atoms with Crippen LogP contribution in [0.2, 0.25) is 0 Å². The highest BCUT2D eigenvalue weighted by atomic mass is 16.1. The second kappa shape index (κ2) is 6.14. The van der Waals surface area contributed by atoms with E-state index in [1.807, 2.05) is 0 Å². The van der Waals surface area contributed by atoms with E-state index in [0.717, 1.165) is 18.4 Å². The lowest BCUT2D eigenvalue weighted by Gasteiger charge is -2.06. The fraction of sp³-hybridized carbons (Fsp3) is 0.333. The molecule has 0 fully saturated rings. The molecule has 0 aliphatic rings. The van der Waals surface area contributed by atoms with Crippen LogP contribution in [0.15, 0.2) is 24.8 Å². The van der Waals surface area contributed by atoms with Crippen LogP contribution in [0.1, 0.15) is 59.4 Å². The number of hydrogen-bond donors (Lipinski definition) is 0. The molecule has 0 aliphatic heterocycles. The number of Topliss-reactive ketones (excluding diaryl/α,β-unsaturated/α-hetero) is 2. The first-order valence-electron chi connectivity index (χ1n) is 5.90. The number of ketones is 2. The van der Waals surface area contributed by atoms with Crippen LogP contribution in [0.5, 0.6) is 0 Å². The van der Waals surface area contributed by atoms with Gasteiger partial charge in [0.1, 0.15) is 0 Å². The first kappa shape index (κ1) is 13.4. The van der Waals surface area contributed by atoms with Gasteiger partial charge in [0, 0.05) is 17.5 Å². The molecule has 2 heteroatoms. The maximum absolute atomic E-state index is 11.8. The van der Waals surface area contributed by atoms with Gasteiger partial charge in [0.05, 0.1) is 0 Å². The summed E-state index contributed by atoms with van der Waals surface area (Å²) in [6, 6.07) is 5.22. The standard InChI is InChI=1S/C15H18O2/c1-4-6-7-15(17)13-9-8-12(5-2)14(10-13)11(3)16/h5,8-10H,2,4,6-7H2,1,3H3. The zero-order valence-electron chi connectivity index (χ0n) is 10.5. The molecule has 0 saturated heterocycles. The van der Waals surface area contributed by atoms with E-state index in [0.29, 0.717) is 17.5 Å². The van der Waals surface area contributed by atoms with E-state index < -0.39 is 0 Å². The molecule has 0 saturated carbocycles. The van der Waals surface area contributed by atoms with Crippen molar-refractivity contribution in [3.05, 3.63) is 41.5 Å². The molecule has 1 aromatic rings. The molecule has 90 valence electrons. The second-order valence-corrected chi connectivity index (χ2v) is 4.09. The van der Waals surface area contributed by atoms with E-state index >= 15 is 0 Å². The Morgan fingerprint density at radius 2 is 2.06 bits per heavy atom. The maximum atomic E-state index is 11.8. The number of unbranched alkanes of at least 4 members (excludes halogenated alkanes) is 1. The Morgan fingerprint density at radius 1 is 1.35 bits per heavy atom. The Bertz CT molecular complexity index is 444. The number of carbonyl (C=O) groups is 2. The summed E-state index contributed by atoms with van der Waals surface area (Å²) < 4.78 is 0. The highest BCUT2D eigenvalue weighted by Crippen LogP contribution is 2.16. The summed E-state index contributed by atoms with van der Waals surface area (Å²) >= 11 is 0. The predicted octanol–water partition coefficient (Wildman–Crippen LogP) is 3.91. The van der Waals surface area contributed by atoms with Crippen molar-refractivity contribution in [2.75, 3.05) is 0 Å². The van der Waals surface area contributed by atoms with Crippen molar-refractivity contribution in [2.24, 2.45) is 0 Å². The van der Waals surface area contributed by atoms with E-state index in [9.17, 15) is 9.59 Å².